The van der Waals surface area contributed by atoms with Gasteiger partial charge in [0, 0.05) is 6.42 Å². The van der Waals surface area contributed by atoms with Gasteiger partial charge < -0.3 is 14.5 Å². The van der Waals surface area contributed by atoms with Gasteiger partial charge >= 0.3 is 6.09 Å². The second-order valence-corrected chi connectivity index (χ2v) is 6.35. The molecule has 0 saturated carbocycles. The first kappa shape index (κ1) is 18.1. The molecule has 1 fully saturated rings. The number of rotatable bonds is 7. The molecule has 1 aliphatic rings. The fraction of sp³-hybridized carbons (Fsp3) is 0.250. The van der Waals surface area contributed by atoms with Crippen molar-refractivity contribution in [3.8, 4) is 0 Å². The summed E-state index contributed by atoms with van der Waals surface area (Å²) in [6, 6.07) is 16.3. The lowest BCUT2D eigenvalue weighted by molar-refractivity contribution is -0.165. The Hall–Kier alpha value is -3.23. The van der Waals surface area contributed by atoms with Crippen LogP contribution in [0.5, 0.6) is 0 Å². The van der Waals surface area contributed by atoms with E-state index in [4.69, 9.17) is 14.0 Å². The second kappa shape index (κ2) is 7.79. The van der Waals surface area contributed by atoms with E-state index >= 15 is 0 Å². The van der Waals surface area contributed by atoms with E-state index in [0.717, 1.165) is 11.1 Å². The number of carbonyl (C=O) groups is 2. The molecule has 2 aromatic carbocycles. The summed E-state index contributed by atoms with van der Waals surface area (Å²) >= 11 is 0. The van der Waals surface area contributed by atoms with Crippen LogP contribution in [0.2, 0.25) is 0 Å². The van der Waals surface area contributed by atoms with Gasteiger partial charge in [0.25, 0.3) is 5.91 Å². The highest BCUT2D eigenvalue weighted by atomic mass is 16.8. The molecule has 1 aromatic heterocycles. The Morgan fingerprint density at radius 1 is 1.14 bits per heavy atom. The van der Waals surface area contributed by atoms with Crippen LogP contribution in [-0.2, 0) is 20.8 Å². The number of fused-ring (bicyclic) bond motifs is 1. The summed E-state index contributed by atoms with van der Waals surface area (Å²) in [5.74, 6) is -0.120. The van der Waals surface area contributed by atoms with Crippen molar-refractivity contribution >= 4 is 23.1 Å². The van der Waals surface area contributed by atoms with E-state index in [1.165, 1.54) is 0 Å². The van der Waals surface area contributed by atoms with Crippen molar-refractivity contribution in [2.45, 2.75) is 18.6 Å². The number of nitrogens with one attached hydrogen (secondary N) is 1. The fourth-order valence-corrected chi connectivity index (χ4v) is 2.98. The Balaban J connectivity index is 1.41. The number of oxazole rings is 1. The van der Waals surface area contributed by atoms with Gasteiger partial charge in [0.2, 0.25) is 5.89 Å². The average molecular weight is 381 g/mol. The highest BCUT2D eigenvalue weighted by Crippen LogP contribution is 2.22. The molecule has 8 nitrogen and oxygen atoms in total. The maximum Gasteiger partial charge on any atom is 0.442 e. The molecular formula is C20H19N3O5. The predicted molar refractivity (Wildman–Crippen MR) is 99.0 cm³/mol. The highest BCUT2D eigenvalue weighted by molar-refractivity contribution is 5.98. The summed E-state index contributed by atoms with van der Waals surface area (Å²) in [6.07, 6.45) is -1.42. The van der Waals surface area contributed by atoms with E-state index in [1.54, 1.807) is 7.05 Å². The van der Waals surface area contributed by atoms with E-state index in [2.05, 4.69) is 10.3 Å². The number of carbonyl (C=O) groups excluding carboxylic acids is 2. The van der Waals surface area contributed by atoms with Gasteiger partial charge in [-0.15, -0.1) is 5.06 Å². The first-order chi connectivity index (χ1) is 13.7. The molecule has 0 radical (unpaired) electrons. The van der Waals surface area contributed by atoms with Gasteiger partial charge in [-0.1, -0.05) is 42.5 Å². The number of aromatic nitrogens is 1. The minimum atomic E-state index is -0.896. The maximum atomic E-state index is 12.5. The van der Waals surface area contributed by atoms with Crippen molar-refractivity contribution in [1.29, 1.82) is 0 Å². The summed E-state index contributed by atoms with van der Waals surface area (Å²) in [4.78, 5) is 34.4. The zero-order valence-electron chi connectivity index (χ0n) is 15.2. The lowest BCUT2D eigenvalue weighted by atomic mass is 10.1. The number of para-hydroxylation sites is 2. The minimum Gasteiger partial charge on any atom is -0.439 e. The van der Waals surface area contributed by atoms with Crippen molar-refractivity contribution in [1.82, 2.24) is 15.4 Å². The van der Waals surface area contributed by atoms with Crippen LogP contribution in [-0.4, -0.2) is 41.8 Å². The van der Waals surface area contributed by atoms with E-state index in [-0.39, 0.29) is 6.61 Å². The molecular weight excluding hydrogens is 362 g/mol. The summed E-state index contributed by atoms with van der Waals surface area (Å²) in [5.41, 5.74) is 2.27. The summed E-state index contributed by atoms with van der Waals surface area (Å²) in [7, 11) is 1.71. The van der Waals surface area contributed by atoms with Crippen LogP contribution in [0.3, 0.4) is 0 Å². The van der Waals surface area contributed by atoms with Gasteiger partial charge in [-0.05, 0) is 24.7 Å². The molecule has 1 saturated heterocycles. The number of cyclic esters (lactones) is 1. The average Bonchev–Trinajstić information content (AvgIpc) is 3.25. The van der Waals surface area contributed by atoms with Crippen LogP contribution in [0.15, 0.2) is 59.0 Å². The Labute approximate surface area is 161 Å². The third-order valence-electron chi connectivity index (χ3n) is 4.48. The number of hydrogen-bond donors (Lipinski definition) is 1. The third-order valence-corrected chi connectivity index (χ3v) is 4.48. The largest absolute Gasteiger partial charge is 0.442 e. The lowest BCUT2D eigenvalue weighted by Gasteiger charge is -2.16. The summed E-state index contributed by atoms with van der Waals surface area (Å²) < 4.78 is 10.9. The zero-order chi connectivity index (χ0) is 19.5. The van der Waals surface area contributed by atoms with Crippen LogP contribution in [0, 0.1) is 0 Å². The van der Waals surface area contributed by atoms with E-state index < -0.39 is 24.1 Å². The van der Waals surface area contributed by atoms with Crippen LogP contribution < -0.4 is 5.32 Å². The highest BCUT2D eigenvalue weighted by Gasteiger charge is 2.42. The first-order valence-corrected chi connectivity index (χ1v) is 8.90. The monoisotopic (exact) mass is 381 g/mol. The molecule has 2 amide bonds. The molecule has 8 heteroatoms. The number of benzene rings is 2. The Bertz CT molecular complexity index is 955. The van der Waals surface area contributed by atoms with Gasteiger partial charge in [-0.2, -0.15) is 0 Å². The minimum absolute atomic E-state index is 0.0256. The fourth-order valence-electron chi connectivity index (χ4n) is 2.98. The number of amides is 2. The van der Waals surface area contributed by atoms with Gasteiger partial charge in [-0.3, -0.25) is 9.63 Å². The molecule has 1 aliphatic heterocycles. The van der Waals surface area contributed by atoms with Crippen LogP contribution in [0.25, 0.3) is 11.1 Å². The third kappa shape index (κ3) is 3.60. The van der Waals surface area contributed by atoms with Crippen LogP contribution in [0.1, 0.15) is 17.5 Å². The number of nitrogens with zero attached hydrogens (tertiary/aromatic N) is 2. The number of hydroxylamine groups is 2. The molecule has 0 bridgehead atoms. The second-order valence-electron chi connectivity index (χ2n) is 6.35. The lowest BCUT2D eigenvalue weighted by Crippen LogP contribution is -2.35. The molecule has 1 N–H and O–H groups in total. The number of ether oxygens (including phenoxy) is 1. The van der Waals surface area contributed by atoms with Gasteiger partial charge in [0.1, 0.15) is 11.6 Å². The molecule has 28 heavy (non-hydrogen) atoms. The summed E-state index contributed by atoms with van der Waals surface area (Å²) in [5, 5.41) is 3.68. The van der Waals surface area contributed by atoms with Crippen molar-refractivity contribution < 1.29 is 23.6 Å². The predicted octanol–water partition coefficient (Wildman–Crippen LogP) is 2.61. The maximum absolute atomic E-state index is 12.5. The number of hydrogen-bond acceptors (Lipinski definition) is 7. The normalized spacial score (nSPS) is 17.9. The molecule has 0 spiro atoms. The van der Waals surface area contributed by atoms with Gasteiger partial charge in [0.15, 0.2) is 11.7 Å². The standard InChI is InChI=1S/C20H19N3O5/c1-21-15(18-22-14-9-5-6-10-16(14)27-18)12-26-23-19(24)17(28-20(23)25)11-13-7-3-2-4-8-13/h2-10,15,17,21H,11-12H2,1H3. The van der Waals surface area contributed by atoms with E-state index in [9.17, 15) is 9.59 Å². The number of imide groups is 1. The van der Waals surface area contributed by atoms with Gasteiger partial charge in [0.05, 0.1) is 6.61 Å². The van der Waals surface area contributed by atoms with Crippen molar-refractivity contribution in [3.05, 3.63) is 66.1 Å². The molecule has 2 atom stereocenters. The van der Waals surface area contributed by atoms with Crippen LogP contribution >= 0.6 is 0 Å². The Morgan fingerprint density at radius 3 is 2.64 bits per heavy atom. The van der Waals surface area contributed by atoms with Crippen molar-refractivity contribution in [3.63, 3.8) is 0 Å². The van der Waals surface area contributed by atoms with E-state index in [1.807, 2.05) is 54.6 Å². The Morgan fingerprint density at radius 2 is 1.89 bits per heavy atom. The molecule has 3 aromatic rings. The quantitative estimate of drug-likeness (QED) is 0.672. The number of likely N-dealkylation sites (N-methyl/N-ethyl adjacent to an activating group) is 1. The topological polar surface area (TPSA) is 93.9 Å². The molecule has 2 unspecified atom stereocenters. The van der Waals surface area contributed by atoms with Crippen molar-refractivity contribution in [2.75, 3.05) is 13.7 Å². The smallest absolute Gasteiger partial charge is 0.439 e. The zero-order valence-corrected chi connectivity index (χ0v) is 15.2. The SMILES string of the molecule is CNC(CON1C(=O)OC(Cc2ccccc2)C1=O)c1nc2ccccc2o1. The van der Waals surface area contributed by atoms with Crippen molar-refractivity contribution in [2.24, 2.45) is 0 Å². The molecule has 144 valence electrons. The first-order valence-electron chi connectivity index (χ1n) is 8.90. The molecule has 4 rings (SSSR count). The summed E-state index contributed by atoms with van der Waals surface area (Å²) in [6.45, 7) is -0.0256. The van der Waals surface area contributed by atoms with Gasteiger partial charge in [-0.25, -0.2) is 9.78 Å². The van der Waals surface area contributed by atoms with Crippen LogP contribution in [0.4, 0.5) is 4.79 Å². The van der Waals surface area contributed by atoms with E-state index in [0.29, 0.717) is 23.0 Å². The molecule has 0 aliphatic carbocycles. The Kier molecular flexibility index (Phi) is 5.05. The molecule has 2 heterocycles.